The Hall–Kier alpha value is -7.76. The van der Waals surface area contributed by atoms with Gasteiger partial charge in [0.25, 0.3) is 6.71 Å². The zero-order valence-corrected chi connectivity index (χ0v) is 50.5. The molecule has 9 aromatic carbocycles. The summed E-state index contributed by atoms with van der Waals surface area (Å²) in [5.41, 5.74) is 25.4. The van der Waals surface area contributed by atoms with Gasteiger partial charge >= 0.3 is 0 Å². The average Bonchev–Trinajstić information content (AvgIpc) is 4.06. The smallest absolute Gasteiger partial charge is 0.260 e. The van der Waals surface area contributed by atoms with E-state index in [1.165, 1.54) is 77.7 Å². The maximum atomic E-state index is 7.04. The molecule has 406 valence electrons. The fourth-order valence-electron chi connectivity index (χ4n) is 13.5. The molecule has 0 spiro atoms. The quantitative estimate of drug-likeness (QED) is 0.155. The van der Waals surface area contributed by atoms with Crippen LogP contribution in [-0.4, -0.2) is 6.71 Å². The lowest BCUT2D eigenvalue weighted by atomic mass is 9.34. The van der Waals surface area contributed by atoms with Crippen molar-refractivity contribution in [3.8, 4) is 45.3 Å². The zero-order chi connectivity index (χ0) is 57.1. The Morgan fingerprint density at radius 3 is 0.889 bits per heavy atom. The molecule has 4 nitrogen and oxygen atoms in total. The minimum atomic E-state index is -0.308. The summed E-state index contributed by atoms with van der Waals surface area (Å²) >= 11 is 0. The summed E-state index contributed by atoms with van der Waals surface area (Å²) in [7, 11) is 0. The lowest BCUT2D eigenvalue weighted by molar-refractivity contribution is 0.464. The summed E-state index contributed by atoms with van der Waals surface area (Å²) in [5, 5.41) is 0. The van der Waals surface area contributed by atoms with Gasteiger partial charge in [0.05, 0.1) is 0 Å². The van der Waals surface area contributed by atoms with Crippen molar-refractivity contribution >= 4 is 57.2 Å². The van der Waals surface area contributed by atoms with Crippen molar-refractivity contribution in [2.24, 2.45) is 0 Å². The molecule has 9 aromatic rings. The van der Waals surface area contributed by atoms with Gasteiger partial charge in [-0.1, -0.05) is 190 Å². The molecule has 81 heavy (non-hydrogen) atoms. The summed E-state index contributed by atoms with van der Waals surface area (Å²) in [6, 6.07) is 66.8. The van der Waals surface area contributed by atoms with Gasteiger partial charge in [0, 0.05) is 50.4 Å². The largest absolute Gasteiger partial charge is 0.458 e. The van der Waals surface area contributed by atoms with Crippen molar-refractivity contribution in [3.63, 3.8) is 0 Å². The van der Waals surface area contributed by atoms with Crippen LogP contribution >= 0.6 is 0 Å². The molecule has 4 aliphatic rings. The summed E-state index contributed by atoms with van der Waals surface area (Å²) in [5.74, 6) is 3.52. The molecule has 0 atom stereocenters. The molecular weight excluding hydrogens is 984 g/mol. The van der Waals surface area contributed by atoms with Crippen molar-refractivity contribution in [2.75, 3.05) is 9.80 Å². The fraction of sp³-hybridized carbons (Fsp3) is 0.289. The Labute approximate surface area is 482 Å². The maximum absolute atomic E-state index is 7.04. The van der Waals surface area contributed by atoms with Crippen molar-refractivity contribution in [1.29, 1.82) is 0 Å². The van der Waals surface area contributed by atoms with Crippen LogP contribution in [0.1, 0.15) is 155 Å². The van der Waals surface area contributed by atoms with Crippen LogP contribution in [0.5, 0.6) is 23.0 Å². The highest BCUT2D eigenvalue weighted by molar-refractivity contribution is 6.98. The highest BCUT2D eigenvalue weighted by Crippen LogP contribution is 2.55. The van der Waals surface area contributed by atoms with Gasteiger partial charge in [-0.2, -0.15) is 0 Å². The molecule has 0 N–H and O–H groups in total. The zero-order valence-electron chi connectivity index (χ0n) is 50.5. The molecular formula is C76H77BN2O2. The topological polar surface area (TPSA) is 24.9 Å². The van der Waals surface area contributed by atoms with Gasteiger partial charge in [0.15, 0.2) is 0 Å². The van der Waals surface area contributed by atoms with Crippen LogP contribution in [0.3, 0.4) is 0 Å². The SMILES string of the molecule is CC(C)(C)c1ccc(N(c2ccc(C(C)(C)C)cc2)c2ccc3c(c2)C(C)(C)c2cc4c(cc2-3)Oc2cccc3c2B4c2cc4c(cc2O3)-c2ccc(N(c3ccc(C(C)(C)C)cc3)c3ccc(C(C)(C)C)cc3)cc2C4(C)C)cc1. The molecule has 2 heterocycles. The van der Waals surface area contributed by atoms with Gasteiger partial charge in [0.2, 0.25) is 0 Å². The highest BCUT2D eigenvalue weighted by atomic mass is 16.5. The summed E-state index contributed by atoms with van der Waals surface area (Å²) < 4.78 is 14.1. The molecule has 0 aromatic heterocycles. The Bertz CT molecular complexity index is 3630. The van der Waals surface area contributed by atoms with E-state index >= 15 is 0 Å². The normalized spacial score (nSPS) is 15.0. The van der Waals surface area contributed by atoms with Crippen LogP contribution in [0, 0.1) is 0 Å². The molecule has 2 aliphatic carbocycles. The van der Waals surface area contributed by atoms with Gasteiger partial charge < -0.3 is 19.3 Å². The Morgan fingerprint density at radius 1 is 0.309 bits per heavy atom. The molecule has 13 rings (SSSR count). The van der Waals surface area contributed by atoms with E-state index in [2.05, 4.69) is 297 Å². The third-order valence-electron chi connectivity index (χ3n) is 18.4. The summed E-state index contributed by atoms with van der Waals surface area (Å²) in [4.78, 5) is 4.85. The fourth-order valence-corrected chi connectivity index (χ4v) is 13.5. The molecule has 0 unspecified atom stereocenters. The van der Waals surface area contributed by atoms with Gasteiger partial charge in [-0.15, -0.1) is 0 Å². The van der Waals surface area contributed by atoms with Gasteiger partial charge in [-0.05, 0) is 196 Å². The number of anilines is 6. The average molecular weight is 1060 g/mol. The van der Waals surface area contributed by atoms with Gasteiger partial charge in [-0.25, -0.2) is 0 Å². The lowest BCUT2D eigenvalue weighted by Gasteiger charge is -2.35. The predicted octanol–water partition coefficient (Wildman–Crippen LogP) is 19.2. The molecule has 5 heteroatoms. The minimum absolute atomic E-state index is 0.0522. The number of hydrogen-bond acceptors (Lipinski definition) is 4. The first-order chi connectivity index (χ1) is 38.2. The molecule has 2 aliphatic heterocycles. The maximum Gasteiger partial charge on any atom is 0.260 e. The third-order valence-corrected chi connectivity index (χ3v) is 18.4. The lowest BCUT2D eigenvalue weighted by Crippen LogP contribution is -2.57. The van der Waals surface area contributed by atoms with Crippen molar-refractivity contribution in [2.45, 2.75) is 143 Å². The molecule has 0 saturated heterocycles. The Kier molecular flexibility index (Phi) is 11.6. The van der Waals surface area contributed by atoms with E-state index in [0.717, 1.165) is 62.6 Å². The van der Waals surface area contributed by atoms with Gasteiger partial charge in [-0.3, -0.25) is 0 Å². The molecule has 0 amide bonds. The monoisotopic (exact) mass is 1060 g/mol. The van der Waals surface area contributed by atoms with E-state index in [1.807, 2.05) is 0 Å². The second kappa shape index (κ2) is 17.9. The summed E-state index contributed by atoms with van der Waals surface area (Å²) in [6.45, 7) is 36.9. The van der Waals surface area contributed by atoms with Crippen LogP contribution < -0.4 is 35.7 Å². The first kappa shape index (κ1) is 52.6. The first-order valence-corrected chi connectivity index (χ1v) is 29.3. The summed E-state index contributed by atoms with van der Waals surface area (Å²) in [6.07, 6.45) is 0. The van der Waals surface area contributed by atoms with E-state index in [0.29, 0.717) is 0 Å². The van der Waals surface area contributed by atoms with E-state index < -0.39 is 0 Å². The van der Waals surface area contributed by atoms with E-state index in [4.69, 9.17) is 9.47 Å². The number of nitrogens with zero attached hydrogens (tertiary/aromatic N) is 2. The number of benzene rings is 9. The first-order valence-electron chi connectivity index (χ1n) is 29.3. The number of fused-ring (bicyclic) bond motifs is 10. The number of ether oxygens (including phenoxy) is 2. The Balaban J connectivity index is 0.894. The predicted molar refractivity (Wildman–Crippen MR) is 343 cm³/mol. The Morgan fingerprint density at radius 2 is 0.593 bits per heavy atom. The van der Waals surface area contributed by atoms with Crippen LogP contribution in [0.4, 0.5) is 34.1 Å². The third kappa shape index (κ3) is 8.55. The molecule has 0 radical (unpaired) electrons. The van der Waals surface area contributed by atoms with E-state index in [-0.39, 0.29) is 39.2 Å². The second-order valence-corrected chi connectivity index (χ2v) is 28.7. The van der Waals surface area contributed by atoms with Crippen molar-refractivity contribution in [1.82, 2.24) is 0 Å². The van der Waals surface area contributed by atoms with Crippen LogP contribution in [-0.2, 0) is 32.5 Å². The van der Waals surface area contributed by atoms with Crippen LogP contribution in [0.15, 0.2) is 176 Å². The molecule has 0 saturated carbocycles. The van der Waals surface area contributed by atoms with Crippen molar-refractivity contribution in [3.05, 3.63) is 220 Å². The molecule has 0 bridgehead atoms. The number of hydrogen-bond donors (Lipinski definition) is 0. The second-order valence-electron chi connectivity index (χ2n) is 28.7. The molecule has 0 fully saturated rings. The van der Waals surface area contributed by atoms with Gasteiger partial charge in [0.1, 0.15) is 23.0 Å². The highest BCUT2D eigenvalue weighted by Gasteiger charge is 2.46. The number of rotatable bonds is 6. The standard InChI is InChI=1S/C76H77BN2O2/c1-71(2,3)46-20-28-50(29-21-46)78(51-30-22-47(23-31-51)72(4,5)6)54-36-38-56-58-42-68-64(44-62(58)75(13,14)60(56)40-54)77-65-45-63-59(43-69(65)81-67-19-17-18-66(80-68)70(67)77)57-39-37-55(41-61(57)76(63,15)16)79(52-32-24-48(25-33-52)73(7,8)9)53-34-26-49(27-35-53)74(10,11)12/h17-45H,1-16H3. The van der Waals surface area contributed by atoms with Crippen LogP contribution in [0.2, 0.25) is 0 Å². The van der Waals surface area contributed by atoms with Crippen molar-refractivity contribution < 1.29 is 9.47 Å². The van der Waals surface area contributed by atoms with E-state index in [9.17, 15) is 0 Å². The van der Waals surface area contributed by atoms with E-state index in [1.54, 1.807) is 0 Å². The van der Waals surface area contributed by atoms with Crippen LogP contribution in [0.25, 0.3) is 22.3 Å². The minimum Gasteiger partial charge on any atom is -0.458 e.